The SMILES string of the molecule is Cc1ccc(C(=O)N2CCN(C(=O)c3cc4ccccn4c3)CC2)o1. The highest BCUT2D eigenvalue weighted by atomic mass is 16.3. The van der Waals surface area contributed by atoms with Crippen molar-refractivity contribution in [2.75, 3.05) is 26.2 Å². The fraction of sp³-hybridized carbons (Fsp3) is 0.263. The highest BCUT2D eigenvalue weighted by Gasteiger charge is 2.27. The summed E-state index contributed by atoms with van der Waals surface area (Å²) in [5.41, 5.74) is 1.67. The third kappa shape index (κ3) is 2.91. The molecular formula is C19H19N3O3. The maximum Gasteiger partial charge on any atom is 0.289 e. The Labute approximate surface area is 145 Å². The average Bonchev–Trinajstić information content (AvgIpc) is 3.26. The van der Waals surface area contributed by atoms with E-state index in [9.17, 15) is 9.59 Å². The molecule has 0 N–H and O–H groups in total. The van der Waals surface area contributed by atoms with E-state index >= 15 is 0 Å². The number of carbonyl (C=O) groups is 2. The predicted molar refractivity (Wildman–Crippen MR) is 92.6 cm³/mol. The quantitative estimate of drug-likeness (QED) is 0.722. The van der Waals surface area contributed by atoms with E-state index in [1.54, 1.807) is 21.9 Å². The number of rotatable bonds is 2. The molecule has 0 saturated carbocycles. The second-order valence-corrected chi connectivity index (χ2v) is 6.26. The first-order chi connectivity index (χ1) is 12.1. The van der Waals surface area contributed by atoms with Crippen LogP contribution < -0.4 is 0 Å². The Morgan fingerprint density at radius 2 is 1.68 bits per heavy atom. The number of aromatic nitrogens is 1. The first-order valence-corrected chi connectivity index (χ1v) is 8.33. The third-order valence-electron chi connectivity index (χ3n) is 4.56. The van der Waals surface area contributed by atoms with Gasteiger partial charge in [-0.1, -0.05) is 6.07 Å². The normalized spacial score (nSPS) is 14.9. The van der Waals surface area contributed by atoms with Gasteiger partial charge in [0.15, 0.2) is 5.76 Å². The largest absolute Gasteiger partial charge is 0.456 e. The Hall–Kier alpha value is -3.02. The molecule has 1 aliphatic rings. The summed E-state index contributed by atoms with van der Waals surface area (Å²) in [5, 5.41) is 0. The van der Waals surface area contributed by atoms with E-state index in [1.807, 2.05) is 48.0 Å². The second kappa shape index (κ2) is 6.12. The van der Waals surface area contributed by atoms with Crippen LogP contribution >= 0.6 is 0 Å². The fourth-order valence-corrected chi connectivity index (χ4v) is 3.17. The van der Waals surface area contributed by atoms with Crippen molar-refractivity contribution >= 4 is 17.3 Å². The summed E-state index contributed by atoms with van der Waals surface area (Å²) < 4.78 is 7.34. The Balaban J connectivity index is 1.42. The summed E-state index contributed by atoms with van der Waals surface area (Å²) in [4.78, 5) is 28.6. The van der Waals surface area contributed by atoms with Gasteiger partial charge in [0, 0.05) is 44.1 Å². The van der Waals surface area contributed by atoms with Crippen LogP contribution in [-0.2, 0) is 0 Å². The van der Waals surface area contributed by atoms with Gasteiger partial charge in [0.25, 0.3) is 11.8 Å². The average molecular weight is 337 g/mol. The predicted octanol–water partition coefficient (Wildman–Crippen LogP) is 2.44. The molecule has 0 radical (unpaired) electrons. The second-order valence-electron chi connectivity index (χ2n) is 6.26. The maximum absolute atomic E-state index is 12.7. The smallest absolute Gasteiger partial charge is 0.289 e. The standard InChI is InChI=1S/C19H19N3O3/c1-14-5-6-17(25-14)19(24)21-10-8-20(9-11-21)18(23)15-12-16-4-2-3-7-22(16)13-15/h2-7,12-13H,8-11H2,1H3. The number of carbonyl (C=O) groups excluding carboxylic acids is 2. The fourth-order valence-electron chi connectivity index (χ4n) is 3.17. The van der Waals surface area contributed by atoms with Gasteiger partial charge in [-0.15, -0.1) is 0 Å². The molecule has 0 aliphatic carbocycles. The van der Waals surface area contributed by atoms with E-state index in [1.165, 1.54) is 0 Å². The van der Waals surface area contributed by atoms with Crippen LogP contribution in [0.15, 0.2) is 53.2 Å². The minimum Gasteiger partial charge on any atom is -0.456 e. The summed E-state index contributed by atoms with van der Waals surface area (Å²) in [6, 6.07) is 11.2. The Kier molecular flexibility index (Phi) is 3.80. The molecule has 25 heavy (non-hydrogen) atoms. The van der Waals surface area contributed by atoms with Crippen molar-refractivity contribution in [2.45, 2.75) is 6.92 Å². The first kappa shape index (κ1) is 15.5. The van der Waals surface area contributed by atoms with Crippen LogP contribution in [0.3, 0.4) is 0 Å². The Morgan fingerprint density at radius 1 is 0.960 bits per heavy atom. The maximum atomic E-state index is 12.7. The van der Waals surface area contributed by atoms with Gasteiger partial charge < -0.3 is 18.6 Å². The highest BCUT2D eigenvalue weighted by Crippen LogP contribution is 2.16. The van der Waals surface area contributed by atoms with E-state index in [4.69, 9.17) is 4.42 Å². The van der Waals surface area contributed by atoms with E-state index in [0.717, 1.165) is 11.3 Å². The van der Waals surface area contributed by atoms with Gasteiger partial charge in [-0.3, -0.25) is 9.59 Å². The van der Waals surface area contributed by atoms with Gasteiger partial charge in [-0.05, 0) is 37.3 Å². The molecule has 128 valence electrons. The lowest BCUT2D eigenvalue weighted by Crippen LogP contribution is -2.50. The lowest BCUT2D eigenvalue weighted by Gasteiger charge is -2.34. The number of aryl methyl sites for hydroxylation is 1. The molecule has 0 atom stereocenters. The zero-order valence-electron chi connectivity index (χ0n) is 14.0. The molecule has 3 aromatic rings. The van der Waals surface area contributed by atoms with Crippen molar-refractivity contribution in [3.8, 4) is 0 Å². The summed E-state index contributed by atoms with van der Waals surface area (Å²) >= 11 is 0. The number of pyridine rings is 1. The van der Waals surface area contributed by atoms with Crippen molar-refractivity contribution in [1.29, 1.82) is 0 Å². The first-order valence-electron chi connectivity index (χ1n) is 8.33. The number of nitrogens with zero attached hydrogens (tertiary/aromatic N) is 3. The molecule has 1 aliphatic heterocycles. The van der Waals surface area contributed by atoms with Crippen LogP contribution in [0.25, 0.3) is 5.52 Å². The van der Waals surface area contributed by atoms with Gasteiger partial charge in [-0.25, -0.2) is 0 Å². The Bertz CT molecular complexity index is 899. The molecule has 4 rings (SSSR count). The van der Waals surface area contributed by atoms with Crippen molar-refractivity contribution in [3.63, 3.8) is 0 Å². The van der Waals surface area contributed by atoms with Gasteiger partial charge in [-0.2, -0.15) is 0 Å². The molecule has 0 bridgehead atoms. The van der Waals surface area contributed by atoms with E-state index in [-0.39, 0.29) is 11.8 Å². The van der Waals surface area contributed by atoms with Gasteiger partial charge in [0.1, 0.15) is 5.76 Å². The molecule has 1 fully saturated rings. The third-order valence-corrected chi connectivity index (χ3v) is 4.56. The minimum atomic E-state index is -0.116. The summed E-state index contributed by atoms with van der Waals surface area (Å²) in [6.07, 6.45) is 3.77. The monoisotopic (exact) mass is 337 g/mol. The zero-order chi connectivity index (χ0) is 17.4. The molecule has 4 heterocycles. The number of hydrogen-bond donors (Lipinski definition) is 0. The van der Waals surface area contributed by atoms with Gasteiger partial charge in [0.05, 0.1) is 5.56 Å². The van der Waals surface area contributed by atoms with Crippen LogP contribution in [0.5, 0.6) is 0 Å². The van der Waals surface area contributed by atoms with Crippen molar-refractivity contribution in [3.05, 3.63) is 65.9 Å². The zero-order valence-corrected chi connectivity index (χ0v) is 14.0. The van der Waals surface area contributed by atoms with E-state index in [2.05, 4.69) is 0 Å². The number of hydrogen-bond acceptors (Lipinski definition) is 3. The van der Waals surface area contributed by atoms with E-state index < -0.39 is 0 Å². The molecule has 0 unspecified atom stereocenters. The number of piperazine rings is 1. The molecule has 6 heteroatoms. The molecule has 2 amide bonds. The summed E-state index contributed by atoms with van der Waals surface area (Å²) in [7, 11) is 0. The molecule has 6 nitrogen and oxygen atoms in total. The van der Waals surface area contributed by atoms with Crippen LogP contribution in [0.1, 0.15) is 26.7 Å². The van der Waals surface area contributed by atoms with Gasteiger partial charge in [0.2, 0.25) is 0 Å². The molecular weight excluding hydrogens is 318 g/mol. The number of amides is 2. The number of furan rings is 1. The minimum absolute atomic E-state index is 0.00430. The van der Waals surface area contributed by atoms with Gasteiger partial charge >= 0.3 is 0 Å². The van der Waals surface area contributed by atoms with Crippen molar-refractivity contribution in [1.82, 2.24) is 14.2 Å². The van der Waals surface area contributed by atoms with Crippen LogP contribution in [0.4, 0.5) is 0 Å². The molecule has 0 aromatic carbocycles. The molecule has 1 saturated heterocycles. The van der Waals surface area contributed by atoms with Crippen molar-refractivity contribution < 1.29 is 14.0 Å². The van der Waals surface area contributed by atoms with Crippen molar-refractivity contribution in [2.24, 2.45) is 0 Å². The topological polar surface area (TPSA) is 58.2 Å². The Morgan fingerprint density at radius 3 is 2.32 bits per heavy atom. The lowest BCUT2D eigenvalue weighted by atomic mass is 10.2. The van der Waals surface area contributed by atoms with Crippen LogP contribution in [-0.4, -0.2) is 52.2 Å². The highest BCUT2D eigenvalue weighted by molar-refractivity contribution is 5.96. The molecule has 3 aromatic heterocycles. The van der Waals surface area contributed by atoms with Crippen LogP contribution in [0, 0.1) is 6.92 Å². The lowest BCUT2D eigenvalue weighted by molar-refractivity contribution is 0.0517. The summed E-state index contributed by atoms with van der Waals surface area (Å²) in [6.45, 7) is 3.89. The molecule has 0 spiro atoms. The summed E-state index contributed by atoms with van der Waals surface area (Å²) in [5.74, 6) is 0.966. The van der Waals surface area contributed by atoms with E-state index in [0.29, 0.717) is 37.5 Å². The van der Waals surface area contributed by atoms with Crippen LogP contribution in [0.2, 0.25) is 0 Å². The number of fused-ring (bicyclic) bond motifs is 1.